The predicted octanol–water partition coefficient (Wildman–Crippen LogP) is 3.65. The molecule has 0 saturated carbocycles. The third-order valence-corrected chi connectivity index (χ3v) is 8.44. The molecule has 2 aliphatic rings. The normalized spacial score (nSPS) is 24.8. The number of hydrogen-bond acceptors (Lipinski definition) is 5. The Hall–Kier alpha value is -1.95. The molecule has 2 aliphatic heterocycles. The molecule has 0 amide bonds. The number of rotatable bonds is 5. The van der Waals surface area contributed by atoms with Gasteiger partial charge in [-0.05, 0) is 51.8 Å². The number of para-hydroxylation sites is 2. The Kier molecular flexibility index (Phi) is 6.38. The van der Waals surface area contributed by atoms with Gasteiger partial charge in [0.2, 0.25) is 7.37 Å². The molecular weight excluding hydrogens is 411 g/mol. The molecule has 8 heteroatoms. The van der Waals surface area contributed by atoms with Crippen molar-refractivity contribution in [1.29, 1.82) is 0 Å². The number of hydrogen-bond donors (Lipinski definition) is 1. The van der Waals surface area contributed by atoms with Crippen molar-refractivity contribution in [2.75, 3.05) is 31.7 Å². The van der Waals surface area contributed by atoms with E-state index >= 15 is 0 Å². The summed E-state index contributed by atoms with van der Waals surface area (Å²) in [5.41, 5.74) is 1.59. The van der Waals surface area contributed by atoms with E-state index in [2.05, 4.69) is 23.9 Å². The highest BCUT2D eigenvalue weighted by molar-refractivity contribution is 7.61. The van der Waals surface area contributed by atoms with Crippen molar-refractivity contribution in [3.8, 4) is 0 Å². The molecule has 1 N–H and O–H groups in total. The van der Waals surface area contributed by atoms with Crippen molar-refractivity contribution in [2.45, 2.75) is 57.7 Å². The third-order valence-electron chi connectivity index (χ3n) is 6.97. The van der Waals surface area contributed by atoms with Gasteiger partial charge in [-0.1, -0.05) is 24.6 Å². The zero-order valence-corrected chi connectivity index (χ0v) is 19.6. The zero-order chi connectivity index (χ0) is 22.2. The largest absolute Gasteiger partial charge is 0.348 e. The molecule has 1 unspecified atom stereocenters. The van der Waals surface area contributed by atoms with E-state index < -0.39 is 7.37 Å². The molecule has 0 radical (unpaired) electrons. The fourth-order valence-corrected chi connectivity index (χ4v) is 5.81. The molecule has 0 aliphatic carbocycles. The van der Waals surface area contributed by atoms with Gasteiger partial charge < -0.3 is 19.3 Å². The minimum Gasteiger partial charge on any atom is -0.348 e. The van der Waals surface area contributed by atoms with Gasteiger partial charge in [0.15, 0.2) is 5.82 Å². The Morgan fingerprint density at radius 2 is 2.03 bits per heavy atom. The fraction of sp³-hybridized carbons (Fsp3) is 0.565. The monoisotopic (exact) mass is 444 g/mol. The van der Waals surface area contributed by atoms with Gasteiger partial charge in [-0.25, -0.2) is 4.98 Å². The second-order valence-electron chi connectivity index (χ2n) is 9.04. The Bertz CT molecular complexity index is 1090. The van der Waals surface area contributed by atoms with Crippen molar-refractivity contribution < 1.29 is 9.46 Å². The van der Waals surface area contributed by atoms with Crippen LogP contribution in [-0.2, 0) is 11.1 Å². The van der Waals surface area contributed by atoms with Crippen LogP contribution >= 0.6 is 7.37 Å². The van der Waals surface area contributed by atoms with Crippen LogP contribution in [0.4, 0.5) is 5.82 Å². The first-order valence-corrected chi connectivity index (χ1v) is 13.3. The van der Waals surface area contributed by atoms with Crippen molar-refractivity contribution in [3.05, 3.63) is 46.0 Å². The number of nitrogens with zero attached hydrogens (tertiary/aromatic N) is 4. The van der Waals surface area contributed by atoms with Gasteiger partial charge in [-0.2, -0.15) is 0 Å². The van der Waals surface area contributed by atoms with Gasteiger partial charge in [-0.15, -0.1) is 0 Å². The van der Waals surface area contributed by atoms with E-state index in [1.54, 1.807) is 6.08 Å². The van der Waals surface area contributed by atoms with Crippen LogP contribution in [0, 0.1) is 0 Å². The van der Waals surface area contributed by atoms with Gasteiger partial charge in [0.1, 0.15) is 0 Å². The lowest BCUT2D eigenvalue weighted by molar-refractivity contribution is 0.116. The van der Waals surface area contributed by atoms with Crippen molar-refractivity contribution >= 4 is 24.2 Å². The van der Waals surface area contributed by atoms with Gasteiger partial charge in [0.05, 0.1) is 11.0 Å². The molecule has 1 fully saturated rings. The molecule has 31 heavy (non-hydrogen) atoms. The second kappa shape index (κ2) is 8.89. The van der Waals surface area contributed by atoms with Gasteiger partial charge in [0.25, 0.3) is 5.56 Å². The molecule has 4 rings (SSSR count). The first-order chi connectivity index (χ1) is 14.8. The van der Waals surface area contributed by atoms with E-state index in [4.69, 9.17) is 0 Å². The van der Waals surface area contributed by atoms with Crippen molar-refractivity contribution in [2.24, 2.45) is 0 Å². The van der Waals surface area contributed by atoms with Crippen LogP contribution in [0.3, 0.4) is 0 Å². The Morgan fingerprint density at radius 3 is 2.74 bits per heavy atom. The van der Waals surface area contributed by atoms with Crippen molar-refractivity contribution in [1.82, 2.24) is 14.5 Å². The first-order valence-electron chi connectivity index (χ1n) is 11.2. The van der Waals surface area contributed by atoms with Crippen LogP contribution in [0.25, 0.3) is 11.0 Å². The number of piperidine rings is 1. The molecule has 1 aromatic heterocycles. The van der Waals surface area contributed by atoms with Gasteiger partial charge in [0, 0.05) is 43.7 Å². The van der Waals surface area contributed by atoms with E-state index in [-0.39, 0.29) is 5.56 Å². The molecule has 1 aromatic carbocycles. The molecule has 3 atom stereocenters. The van der Waals surface area contributed by atoms with Crippen LogP contribution in [0.1, 0.15) is 39.0 Å². The average molecular weight is 445 g/mol. The Labute approximate surface area is 183 Å². The molecule has 2 aromatic rings. The van der Waals surface area contributed by atoms with Crippen LogP contribution in [0.15, 0.2) is 40.5 Å². The lowest BCUT2D eigenvalue weighted by Gasteiger charge is -2.38. The number of aryl methyl sites for hydroxylation is 1. The molecule has 0 spiro atoms. The molecule has 0 bridgehead atoms. The SMILES string of the molecule is C[C@H]1CCC[C@@H](CCn2c(=O)c(N3CC=C(P(C)(=O)O)CC3)nc3ccccc32)N1C. The highest BCUT2D eigenvalue weighted by Crippen LogP contribution is 2.48. The summed E-state index contributed by atoms with van der Waals surface area (Å²) >= 11 is 0. The van der Waals surface area contributed by atoms with Gasteiger partial charge >= 0.3 is 0 Å². The van der Waals surface area contributed by atoms with E-state index in [1.165, 1.54) is 25.9 Å². The summed E-state index contributed by atoms with van der Waals surface area (Å²) in [5, 5.41) is 0.583. The standard InChI is InChI=1S/C23H33N4O3P/c1-17-7-6-8-18(25(17)2)11-16-27-21-10-5-4-9-20(21)24-22(23(27)28)26-14-12-19(13-15-26)31(3,29)30/h4-5,9-10,12,17-18H,6-8,11,13-16H2,1-3H3,(H,29,30)/t17-,18-/m0/s1. The summed E-state index contributed by atoms with van der Waals surface area (Å²) < 4.78 is 13.9. The van der Waals surface area contributed by atoms with E-state index in [0.717, 1.165) is 17.5 Å². The summed E-state index contributed by atoms with van der Waals surface area (Å²) in [6, 6.07) is 8.87. The van der Waals surface area contributed by atoms with Crippen LogP contribution in [0.2, 0.25) is 0 Å². The summed E-state index contributed by atoms with van der Waals surface area (Å²) in [6.45, 7) is 5.26. The van der Waals surface area contributed by atoms with E-state index in [1.807, 2.05) is 33.7 Å². The molecular formula is C23H33N4O3P. The maximum atomic E-state index is 13.5. The predicted molar refractivity (Wildman–Crippen MR) is 126 cm³/mol. The van der Waals surface area contributed by atoms with Crippen molar-refractivity contribution in [3.63, 3.8) is 0 Å². The van der Waals surface area contributed by atoms with E-state index in [9.17, 15) is 14.3 Å². The quantitative estimate of drug-likeness (QED) is 0.710. The molecule has 7 nitrogen and oxygen atoms in total. The number of aromatic nitrogens is 2. The lowest BCUT2D eigenvalue weighted by atomic mass is 9.95. The lowest BCUT2D eigenvalue weighted by Crippen LogP contribution is -2.43. The first kappa shape index (κ1) is 22.3. The molecule has 3 heterocycles. The minimum atomic E-state index is -3.23. The second-order valence-corrected chi connectivity index (χ2v) is 11.4. The van der Waals surface area contributed by atoms with Crippen LogP contribution in [0.5, 0.6) is 0 Å². The topological polar surface area (TPSA) is 78.7 Å². The maximum Gasteiger partial charge on any atom is 0.294 e. The third kappa shape index (κ3) is 4.64. The smallest absolute Gasteiger partial charge is 0.294 e. The number of benzene rings is 1. The maximum absolute atomic E-state index is 13.5. The Morgan fingerprint density at radius 1 is 1.26 bits per heavy atom. The van der Waals surface area contributed by atoms with Gasteiger partial charge in [-0.3, -0.25) is 9.36 Å². The highest BCUT2D eigenvalue weighted by Gasteiger charge is 2.27. The van der Waals surface area contributed by atoms with Crippen LogP contribution < -0.4 is 10.5 Å². The summed E-state index contributed by atoms with van der Waals surface area (Å²) in [5.74, 6) is 0.434. The van der Waals surface area contributed by atoms with E-state index in [0.29, 0.717) is 49.3 Å². The molecule has 1 saturated heterocycles. The summed E-state index contributed by atoms with van der Waals surface area (Å²) in [7, 11) is -1.04. The number of fused-ring (bicyclic) bond motifs is 1. The van der Waals surface area contributed by atoms with Crippen LogP contribution in [-0.4, -0.2) is 58.2 Å². The minimum absolute atomic E-state index is 0.0780. The number of anilines is 1. The summed E-state index contributed by atoms with van der Waals surface area (Å²) in [6.07, 6.45) is 6.83. The zero-order valence-electron chi connectivity index (χ0n) is 18.7. The number of likely N-dealkylation sites (tertiary alicyclic amines) is 1. The summed E-state index contributed by atoms with van der Waals surface area (Å²) in [4.78, 5) is 32.4. The Balaban J connectivity index is 1.64. The highest BCUT2D eigenvalue weighted by atomic mass is 31.2. The fourth-order valence-electron chi connectivity index (χ4n) is 4.88. The average Bonchev–Trinajstić information content (AvgIpc) is 2.75. The molecule has 168 valence electrons.